The topological polar surface area (TPSA) is 18.5 Å². The molecule has 0 saturated heterocycles. The fraction of sp³-hybridized carbons (Fsp3) is 0.0769. The van der Waals surface area contributed by atoms with E-state index in [1.807, 2.05) is 12.1 Å². The molecule has 0 aromatic heterocycles. The van der Waals surface area contributed by atoms with Crippen molar-refractivity contribution in [2.45, 2.75) is 29.4 Å². The van der Waals surface area contributed by atoms with Crippen molar-refractivity contribution in [1.82, 2.24) is 0 Å². The Morgan fingerprint density at radius 1 is 0.562 bits per heavy atom. The second-order valence-corrected chi connectivity index (χ2v) is 11.4. The summed E-state index contributed by atoms with van der Waals surface area (Å²) < 4.78 is 11.6. The van der Waals surface area contributed by atoms with Crippen LogP contribution in [0.25, 0.3) is 11.1 Å². The van der Waals surface area contributed by atoms with Crippen LogP contribution < -0.4 is 9.47 Å². The summed E-state index contributed by atoms with van der Waals surface area (Å²) in [5.41, 5.74) is 2.38. The highest BCUT2D eigenvalue weighted by molar-refractivity contribution is 8.76. The van der Waals surface area contributed by atoms with Gasteiger partial charge in [0.05, 0.1) is 24.0 Å². The fourth-order valence-corrected chi connectivity index (χ4v) is 7.92. The molecule has 32 heavy (non-hydrogen) atoms. The zero-order chi connectivity index (χ0) is 21.9. The molecule has 0 aliphatic carbocycles. The van der Waals surface area contributed by atoms with E-state index < -0.39 is 0 Å². The second kappa shape index (κ2) is 9.79. The summed E-state index contributed by atoms with van der Waals surface area (Å²) in [6.45, 7) is 0. The molecule has 0 fully saturated rings. The van der Waals surface area contributed by atoms with Gasteiger partial charge in [-0.05, 0) is 48.5 Å². The standard InChI is InChI=1S/C26H20O2S4/c1-27-21-13-19-20-14-22(28-2)26(30-18-11-7-4-8-12-18)16-24(20)32-31-23(19)15-25(21)29-17-9-5-3-6-10-17/h3-16H,1-2H3. The van der Waals surface area contributed by atoms with Gasteiger partial charge in [-0.2, -0.15) is 0 Å². The van der Waals surface area contributed by atoms with Gasteiger partial charge in [0.15, 0.2) is 0 Å². The van der Waals surface area contributed by atoms with Crippen LogP contribution in [0.5, 0.6) is 11.5 Å². The third-order valence-electron chi connectivity index (χ3n) is 4.99. The van der Waals surface area contributed by atoms with E-state index in [0.29, 0.717) is 0 Å². The van der Waals surface area contributed by atoms with Crippen LogP contribution in [0, 0.1) is 0 Å². The van der Waals surface area contributed by atoms with Gasteiger partial charge in [0, 0.05) is 30.7 Å². The molecular weight excluding hydrogens is 473 g/mol. The number of rotatable bonds is 6. The molecule has 1 aliphatic heterocycles. The smallest absolute Gasteiger partial charge is 0.133 e. The van der Waals surface area contributed by atoms with Crippen molar-refractivity contribution in [3.8, 4) is 22.6 Å². The minimum absolute atomic E-state index is 0.887. The molecule has 1 aliphatic rings. The van der Waals surface area contributed by atoms with E-state index in [-0.39, 0.29) is 0 Å². The molecule has 2 nitrogen and oxygen atoms in total. The average Bonchev–Trinajstić information content (AvgIpc) is 2.84. The molecule has 0 radical (unpaired) electrons. The summed E-state index contributed by atoms with van der Waals surface area (Å²) in [6, 6.07) is 29.6. The van der Waals surface area contributed by atoms with Gasteiger partial charge in [-0.25, -0.2) is 0 Å². The highest BCUT2D eigenvalue weighted by atomic mass is 33.1. The van der Waals surface area contributed by atoms with Crippen LogP contribution in [0.3, 0.4) is 0 Å². The van der Waals surface area contributed by atoms with Crippen LogP contribution in [-0.2, 0) is 0 Å². The van der Waals surface area contributed by atoms with Crippen LogP contribution in [-0.4, -0.2) is 14.2 Å². The van der Waals surface area contributed by atoms with Crippen molar-refractivity contribution in [3.05, 3.63) is 84.9 Å². The van der Waals surface area contributed by atoms with Crippen molar-refractivity contribution in [1.29, 1.82) is 0 Å². The molecule has 0 saturated carbocycles. The van der Waals surface area contributed by atoms with Gasteiger partial charge in [-0.1, -0.05) is 81.5 Å². The Morgan fingerprint density at radius 2 is 0.969 bits per heavy atom. The first-order valence-corrected chi connectivity index (χ1v) is 13.8. The lowest BCUT2D eigenvalue weighted by Crippen LogP contribution is -1.96. The van der Waals surface area contributed by atoms with Crippen LogP contribution in [0.15, 0.2) is 114 Å². The number of hydrogen-bond acceptors (Lipinski definition) is 6. The molecule has 0 unspecified atom stereocenters. The van der Waals surface area contributed by atoms with Gasteiger partial charge < -0.3 is 9.47 Å². The summed E-state index contributed by atoms with van der Waals surface area (Å²) in [4.78, 5) is 7.13. The minimum Gasteiger partial charge on any atom is -0.496 e. The summed E-state index contributed by atoms with van der Waals surface area (Å²) in [5, 5.41) is 0. The first kappa shape index (κ1) is 21.7. The van der Waals surface area contributed by atoms with Gasteiger partial charge in [-0.3, -0.25) is 0 Å². The van der Waals surface area contributed by atoms with Crippen molar-refractivity contribution < 1.29 is 9.47 Å². The van der Waals surface area contributed by atoms with Crippen LogP contribution in [0.1, 0.15) is 0 Å². The van der Waals surface area contributed by atoms with Crippen molar-refractivity contribution in [2.75, 3.05) is 14.2 Å². The molecule has 5 rings (SSSR count). The Bertz CT molecular complexity index is 1140. The summed E-state index contributed by atoms with van der Waals surface area (Å²) >= 11 is 3.46. The lowest BCUT2D eigenvalue weighted by atomic mass is 10.0. The van der Waals surface area contributed by atoms with Crippen molar-refractivity contribution in [2.24, 2.45) is 0 Å². The van der Waals surface area contributed by atoms with Gasteiger partial charge >= 0.3 is 0 Å². The Kier molecular flexibility index (Phi) is 6.64. The Morgan fingerprint density at radius 3 is 1.34 bits per heavy atom. The fourth-order valence-electron chi connectivity index (χ4n) is 3.44. The Labute approximate surface area is 204 Å². The summed E-state index contributed by atoms with van der Waals surface area (Å²) in [6.07, 6.45) is 0. The highest BCUT2D eigenvalue weighted by Gasteiger charge is 2.23. The monoisotopic (exact) mass is 492 g/mol. The maximum absolute atomic E-state index is 5.79. The predicted octanol–water partition coefficient (Wildman–Crippen LogP) is 8.79. The maximum Gasteiger partial charge on any atom is 0.133 e. The van der Waals surface area contributed by atoms with Gasteiger partial charge in [0.2, 0.25) is 0 Å². The first-order chi connectivity index (χ1) is 15.7. The maximum atomic E-state index is 5.79. The third kappa shape index (κ3) is 4.50. The molecule has 160 valence electrons. The van der Waals surface area contributed by atoms with Crippen molar-refractivity contribution in [3.63, 3.8) is 0 Å². The van der Waals surface area contributed by atoms with E-state index >= 15 is 0 Å². The lowest BCUT2D eigenvalue weighted by Gasteiger charge is -2.22. The SMILES string of the molecule is COc1cc2c(cc1Sc1ccccc1)SSc1cc(Sc3ccccc3)c(OC)cc1-2. The van der Waals surface area contributed by atoms with E-state index in [9.17, 15) is 0 Å². The molecule has 0 spiro atoms. The molecule has 0 bridgehead atoms. The van der Waals surface area contributed by atoms with E-state index in [1.165, 1.54) is 30.7 Å². The number of benzene rings is 4. The zero-order valence-electron chi connectivity index (χ0n) is 17.5. The van der Waals surface area contributed by atoms with Gasteiger partial charge in [0.1, 0.15) is 11.5 Å². The van der Waals surface area contributed by atoms with Crippen molar-refractivity contribution >= 4 is 45.1 Å². The van der Waals surface area contributed by atoms with Gasteiger partial charge in [-0.15, -0.1) is 0 Å². The second-order valence-electron chi connectivity index (χ2n) is 7.00. The minimum atomic E-state index is 0.887. The number of methoxy groups -OCH3 is 2. The summed E-state index contributed by atoms with van der Waals surface area (Å²) in [7, 11) is 7.08. The molecule has 6 heteroatoms. The van der Waals surface area contributed by atoms with E-state index in [2.05, 4.69) is 72.8 Å². The quantitative estimate of drug-likeness (QED) is 0.249. The number of ether oxygens (including phenoxy) is 2. The van der Waals surface area contributed by atoms with Crippen LogP contribution in [0.2, 0.25) is 0 Å². The molecule has 0 atom stereocenters. The van der Waals surface area contributed by atoms with E-state index in [0.717, 1.165) is 21.3 Å². The third-order valence-corrected chi connectivity index (χ3v) is 9.52. The van der Waals surface area contributed by atoms with Gasteiger partial charge in [0.25, 0.3) is 0 Å². The largest absolute Gasteiger partial charge is 0.496 e. The van der Waals surface area contributed by atoms with Crippen LogP contribution >= 0.6 is 45.1 Å². The highest BCUT2D eigenvalue weighted by Crippen LogP contribution is 2.56. The predicted molar refractivity (Wildman–Crippen MR) is 138 cm³/mol. The normalized spacial score (nSPS) is 12.1. The Balaban J connectivity index is 1.54. The van der Waals surface area contributed by atoms with Crippen LogP contribution in [0.4, 0.5) is 0 Å². The molecule has 0 N–H and O–H groups in total. The average molecular weight is 493 g/mol. The van der Waals surface area contributed by atoms with E-state index in [1.54, 1.807) is 59.3 Å². The molecular formula is C26H20O2S4. The zero-order valence-corrected chi connectivity index (χ0v) is 20.8. The molecule has 1 heterocycles. The molecule has 4 aromatic rings. The molecule has 4 aromatic carbocycles. The number of hydrogen-bond donors (Lipinski definition) is 0. The lowest BCUT2D eigenvalue weighted by molar-refractivity contribution is 0.403. The summed E-state index contributed by atoms with van der Waals surface area (Å²) in [5.74, 6) is 1.77. The van der Waals surface area contributed by atoms with E-state index in [4.69, 9.17) is 9.47 Å². The first-order valence-electron chi connectivity index (χ1n) is 10.00. The Hall–Kier alpha value is -2.12. The number of fused-ring (bicyclic) bond motifs is 3. The molecule has 0 amide bonds.